The summed E-state index contributed by atoms with van der Waals surface area (Å²) in [6.45, 7) is 8.16. The fourth-order valence-electron chi connectivity index (χ4n) is 3.89. The number of amides is 1. The molecule has 11 heteroatoms. The maximum absolute atomic E-state index is 12.6. The molecule has 0 atom stereocenters. The van der Waals surface area contributed by atoms with Crippen molar-refractivity contribution in [3.63, 3.8) is 0 Å². The third-order valence-corrected chi connectivity index (χ3v) is 6.78. The van der Waals surface area contributed by atoms with Gasteiger partial charge in [-0.05, 0) is 56.1 Å². The normalized spacial score (nSPS) is 10.8. The Labute approximate surface area is 237 Å². The van der Waals surface area contributed by atoms with Crippen LogP contribution in [-0.2, 0) is 4.79 Å². The minimum atomic E-state index is -0.129. The number of hydrogen-bond acceptors (Lipinski definition) is 10. The van der Waals surface area contributed by atoms with Gasteiger partial charge in [-0.25, -0.2) is 9.97 Å². The van der Waals surface area contributed by atoms with Gasteiger partial charge in [0.05, 0.1) is 16.8 Å². The number of pyridine rings is 1. The lowest BCUT2D eigenvalue weighted by atomic mass is 10.1. The van der Waals surface area contributed by atoms with E-state index in [2.05, 4.69) is 49.9 Å². The van der Waals surface area contributed by atoms with E-state index in [-0.39, 0.29) is 12.3 Å². The quantitative estimate of drug-likeness (QED) is 0.177. The van der Waals surface area contributed by atoms with Gasteiger partial charge in [0.2, 0.25) is 17.6 Å². The molecule has 0 spiro atoms. The smallest absolute Gasteiger partial charge is 0.227 e. The number of nitrogens with zero attached hydrogens (tertiary/aromatic N) is 4. The van der Waals surface area contributed by atoms with Crippen LogP contribution in [0.1, 0.15) is 39.0 Å². The molecular weight excluding hydrogens is 526 g/mol. The molecule has 0 saturated heterocycles. The Balaban J connectivity index is 0.000000681. The summed E-state index contributed by atoms with van der Waals surface area (Å²) >= 11 is 1.42. The highest BCUT2D eigenvalue weighted by Crippen LogP contribution is 2.34. The van der Waals surface area contributed by atoms with Crippen LogP contribution < -0.4 is 20.7 Å². The van der Waals surface area contributed by atoms with Gasteiger partial charge in [-0.3, -0.25) is 4.79 Å². The molecule has 40 heavy (non-hydrogen) atoms. The van der Waals surface area contributed by atoms with Crippen molar-refractivity contribution in [3.8, 4) is 17.1 Å². The van der Waals surface area contributed by atoms with Gasteiger partial charge < -0.3 is 25.2 Å². The predicted octanol–water partition coefficient (Wildman–Crippen LogP) is 6.05. The van der Waals surface area contributed by atoms with E-state index in [0.717, 1.165) is 45.3 Å². The second kappa shape index (κ2) is 14.3. The molecule has 1 amide bonds. The average molecular weight is 562 g/mol. The molecule has 0 unspecified atom stereocenters. The Bertz CT molecular complexity index is 1550. The predicted molar refractivity (Wildman–Crippen MR) is 161 cm³/mol. The number of ether oxygens (including phenoxy) is 1. The maximum Gasteiger partial charge on any atom is 0.227 e. The molecule has 0 aliphatic rings. The highest BCUT2D eigenvalue weighted by atomic mass is 32.1. The standard InChI is InChI=1S/C25H24N6O3S.C4H11N/c1-3-13-33-20-6-4-5-19-22(20)35-25(29-19)30-21(32)10-12-27-24-18-14-17(23-28-15(2)34-31-23)8-7-16(18)9-11-26-24;1-3-4-5-2/h4-9,11,14H,3,10,12-13H2,1-2H3,(H,26,27)(H,29,30,32);5H,3-4H2,1-2H3. The number of carbonyl (C=O) groups excluding carboxylic acids is 1. The first-order valence-electron chi connectivity index (χ1n) is 13.4. The number of rotatable bonds is 11. The maximum atomic E-state index is 12.6. The zero-order chi connectivity index (χ0) is 28.3. The van der Waals surface area contributed by atoms with E-state index in [1.54, 1.807) is 13.1 Å². The van der Waals surface area contributed by atoms with Crippen LogP contribution >= 0.6 is 11.3 Å². The summed E-state index contributed by atoms with van der Waals surface area (Å²) in [6.07, 6.45) is 4.16. The van der Waals surface area contributed by atoms with Crippen LogP contribution in [0.4, 0.5) is 10.9 Å². The van der Waals surface area contributed by atoms with Gasteiger partial charge in [0.15, 0.2) is 5.13 Å². The van der Waals surface area contributed by atoms with Crippen molar-refractivity contribution < 1.29 is 14.1 Å². The first-order valence-corrected chi connectivity index (χ1v) is 14.2. The fourth-order valence-corrected chi connectivity index (χ4v) is 4.84. The van der Waals surface area contributed by atoms with Gasteiger partial charge in [-0.15, -0.1) is 0 Å². The van der Waals surface area contributed by atoms with Crippen LogP contribution in [0.3, 0.4) is 0 Å². The number of thiazole rings is 1. The first kappa shape index (κ1) is 28.9. The van der Waals surface area contributed by atoms with Crippen molar-refractivity contribution in [1.82, 2.24) is 25.4 Å². The Morgan fingerprint density at radius 1 is 1.07 bits per heavy atom. The van der Waals surface area contributed by atoms with E-state index in [9.17, 15) is 4.79 Å². The Morgan fingerprint density at radius 2 is 1.95 bits per heavy atom. The number of benzene rings is 2. The van der Waals surface area contributed by atoms with Gasteiger partial charge in [-0.1, -0.05) is 48.5 Å². The third-order valence-electron chi connectivity index (χ3n) is 5.78. The number of carbonyl (C=O) groups is 1. The van der Waals surface area contributed by atoms with Gasteiger partial charge in [-0.2, -0.15) is 4.98 Å². The van der Waals surface area contributed by atoms with Crippen LogP contribution in [-0.4, -0.2) is 52.8 Å². The lowest BCUT2D eigenvalue weighted by Gasteiger charge is -2.09. The minimum Gasteiger partial charge on any atom is -0.492 e. The molecule has 5 aromatic rings. The van der Waals surface area contributed by atoms with E-state index in [4.69, 9.17) is 9.26 Å². The second-order valence-electron chi connectivity index (χ2n) is 9.03. The topological polar surface area (TPSA) is 127 Å². The molecule has 210 valence electrons. The first-order chi connectivity index (χ1) is 19.5. The van der Waals surface area contributed by atoms with E-state index in [0.29, 0.717) is 35.8 Å². The third kappa shape index (κ3) is 7.51. The van der Waals surface area contributed by atoms with E-state index in [1.807, 2.05) is 49.5 Å². The van der Waals surface area contributed by atoms with Gasteiger partial charge in [0, 0.05) is 37.0 Å². The summed E-state index contributed by atoms with van der Waals surface area (Å²) in [6, 6.07) is 13.6. The van der Waals surface area contributed by atoms with Gasteiger partial charge in [0.25, 0.3) is 0 Å². The van der Waals surface area contributed by atoms with Gasteiger partial charge in [0.1, 0.15) is 11.6 Å². The van der Waals surface area contributed by atoms with Crippen molar-refractivity contribution in [2.45, 2.75) is 40.0 Å². The number of anilines is 2. The fraction of sp³-hybridized carbons (Fsp3) is 0.345. The number of aryl methyl sites for hydroxylation is 1. The van der Waals surface area contributed by atoms with Crippen molar-refractivity contribution in [1.29, 1.82) is 0 Å². The van der Waals surface area contributed by atoms with E-state index < -0.39 is 0 Å². The lowest BCUT2D eigenvalue weighted by molar-refractivity contribution is -0.115. The molecule has 0 radical (unpaired) electrons. The van der Waals surface area contributed by atoms with Crippen molar-refractivity contribution >= 4 is 49.2 Å². The van der Waals surface area contributed by atoms with Crippen molar-refractivity contribution in [2.75, 3.05) is 37.4 Å². The van der Waals surface area contributed by atoms with Crippen LogP contribution in [0.2, 0.25) is 0 Å². The summed E-state index contributed by atoms with van der Waals surface area (Å²) in [4.78, 5) is 25.9. The molecule has 10 nitrogen and oxygen atoms in total. The molecule has 0 bridgehead atoms. The lowest BCUT2D eigenvalue weighted by Crippen LogP contribution is -2.16. The molecule has 3 N–H and O–H groups in total. The summed E-state index contributed by atoms with van der Waals surface area (Å²) in [7, 11) is 1.96. The minimum absolute atomic E-state index is 0.129. The highest BCUT2D eigenvalue weighted by Gasteiger charge is 2.13. The number of fused-ring (bicyclic) bond motifs is 2. The Kier molecular flexibility index (Phi) is 10.4. The second-order valence-corrected chi connectivity index (χ2v) is 10.0. The largest absolute Gasteiger partial charge is 0.492 e. The molecule has 0 aliphatic heterocycles. The van der Waals surface area contributed by atoms with Gasteiger partial charge >= 0.3 is 0 Å². The van der Waals surface area contributed by atoms with E-state index >= 15 is 0 Å². The summed E-state index contributed by atoms with van der Waals surface area (Å²) in [5.41, 5.74) is 1.64. The molecule has 0 aliphatic carbocycles. The molecule has 0 fully saturated rings. The average Bonchev–Trinajstić information content (AvgIpc) is 3.58. The number of aromatic nitrogens is 4. The molecule has 3 aromatic heterocycles. The summed E-state index contributed by atoms with van der Waals surface area (Å²) in [5, 5.41) is 15.7. The molecular formula is C29H35N7O3S. The van der Waals surface area contributed by atoms with Crippen LogP contribution in [0.25, 0.3) is 32.4 Å². The van der Waals surface area contributed by atoms with E-state index in [1.165, 1.54) is 17.8 Å². The number of nitrogens with one attached hydrogen (secondary N) is 3. The Hall–Kier alpha value is -4.09. The van der Waals surface area contributed by atoms with Crippen LogP contribution in [0.5, 0.6) is 5.75 Å². The van der Waals surface area contributed by atoms with Crippen molar-refractivity contribution in [2.24, 2.45) is 0 Å². The highest BCUT2D eigenvalue weighted by molar-refractivity contribution is 7.22. The molecule has 2 aromatic carbocycles. The molecule has 5 rings (SSSR count). The molecule has 3 heterocycles. The SMILES string of the molecule is CCCNC.CCCOc1cccc2nc(NC(=O)CCNc3nccc4ccc(-c5noc(C)n5)cc34)sc12. The molecule has 0 saturated carbocycles. The van der Waals surface area contributed by atoms with Crippen LogP contribution in [0.15, 0.2) is 53.2 Å². The monoisotopic (exact) mass is 561 g/mol. The Morgan fingerprint density at radius 3 is 2.67 bits per heavy atom. The van der Waals surface area contributed by atoms with Crippen molar-refractivity contribution in [3.05, 3.63) is 54.6 Å². The zero-order valence-electron chi connectivity index (χ0n) is 23.3. The zero-order valence-corrected chi connectivity index (χ0v) is 24.1. The number of hydrogen-bond donors (Lipinski definition) is 3. The summed E-state index contributed by atoms with van der Waals surface area (Å²) < 4.78 is 11.8. The summed E-state index contributed by atoms with van der Waals surface area (Å²) in [5.74, 6) is 2.39. The van der Waals surface area contributed by atoms with Crippen LogP contribution in [0, 0.1) is 6.92 Å².